The van der Waals surface area contributed by atoms with Gasteiger partial charge in [0.25, 0.3) is 5.91 Å². The van der Waals surface area contributed by atoms with Crippen LogP contribution in [0.5, 0.6) is 0 Å². The number of aromatic nitrogens is 1. The summed E-state index contributed by atoms with van der Waals surface area (Å²) in [5.74, 6) is -0.542. The van der Waals surface area contributed by atoms with E-state index in [-0.39, 0.29) is 11.0 Å². The normalized spacial score (nSPS) is 10.3. The van der Waals surface area contributed by atoms with E-state index in [0.29, 0.717) is 22.2 Å². The minimum absolute atomic E-state index is 0.00842. The second-order valence-corrected chi connectivity index (χ2v) is 5.19. The fourth-order valence-electron chi connectivity index (χ4n) is 2.38. The fourth-order valence-corrected chi connectivity index (χ4v) is 2.38. The van der Waals surface area contributed by atoms with E-state index >= 15 is 0 Å². The fraction of sp³-hybridized carbons (Fsp3) is 0.0556. The van der Waals surface area contributed by atoms with Gasteiger partial charge in [-0.2, -0.15) is 5.26 Å². The second kappa shape index (κ2) is 5.78. The highest BCUT2D eigenvalue weighted by atomic mass is 16.2. The molecule has 0 bridgehead atoms. The van der Waals surface area contributed by atoms with Gasteiger partial charge in [-0.05, 0) is 36.8 Å². The number of fused-ring (bicyclic) bond motifs is 1. The van der Waals surface area contributed by atoms with Gasteiger partial charge >= 0.3 is 0 Å². The number of carbonyl (C=O) groups is 1. The molecule has 0 spiro atoms. The van der Waals surface area contributed by atoms with Crippen molar-refractivity contribution in [3.05, 3.63) is 75.6 Å². The molecule has 23 heavy (non-hydrogen) atoms. The number of pyridine rings is 1. The first kappa shape index (κ1) is 14.5. The molecule has 0 radical (unpaired) electrons. The van der Waals surface area contributed by atoms with Crippen molar-refractivity contribution in [1.29, 1.82) is 5.26 Å². The average molecular weight is 303 g/mol. The Balaban J connectivity index is 2.02. The molecule has 1 amide bonds. The van der Waals surface area contributed by atoms with Crippen LogP contribution in [0, 0.1) is 18.3 Å². The highest BCUT2D eigenvalue weighted by Crippen LogP contribution is 2.17. The monoisotopic (exact) mass is 303 g/mol. The van der Waals surface area contributed by atoms with Gasteiger partial charge in [0.15, 0.2) is 0 Å². The van der Waals surface area contributed by atoms with Crippen molar-refractivity contribution >= 4 is 22.5 Å². The zero-order chi connectivity index (χ0) is 16.4. The smallest absolute Gasteiger partial charge is 0.261 e. The van der Waals surface area contributed by atoms with Crippen LogP contribution < -0.4 is 10.7 Å². The van der Waals surface area contributed by atoms with Crippen molar-refractivity contribution in [3.8, 4) is 6.07 Å². The van der Waals surface area contributed by atoms with E-state index in [9.17, 15) is 9.59 Å². The van der Waals surface area contributed by atoms with Gasteiger partial charge in [0.05, 0.1) is 11.3 Å². The summed E-state index contributed by atoms with van der Waals surface area (Å²) < 4.78 is 0. The number of aryl methyl sites for hydroxylation is 1. The van der Waals surface area contributed by atoms with Gasteiger partial charge < -0.3 is 10.3 Å². The van der Waals surface area contributed by atoms with Gasteiger partial charge in [-0.1, -0.05) is 18.2 Å². The molecule has 0 aliphatic carbocycles. The second-order valence-electron chi connectivity index (χ2n) is 5.19. The van der Waals surface area contributed by atoms with Crippen molar-refractivity contribution in [2.24, 2.45) is 0 Å². The first-order valence-electron chi connectivity index (χ1n) is 7.02. The summed E-state index contributed by atoms with van der Waals surface area (Å²) in [6.07, 6.45) is 1.39. The molecular weight excluding hydrogens is 290 g/mol. The Morgan fingerprint density at radius 2 is 2.00 bits per heavy atom. The molecule has 1 heterocycles. The Morgan fingerprint density at radius 3 is 2.78 bits per heavy atom. The number of hydrogen-bond donors (Lipinski definition) is 2. The SMILES string of the molecule is Cc1ccc(C#N)c(NC(=O)c2c[nH]c3ccccc3c2=O)c1. The molecule has 3 aromatic rings. The third-order valence-electron chi connectivity index (χ3n) is 3.58. The Hall–Kier alpha value is -3.39. The number of rotatable bonds is 2. The van der Waals surface area contributed by atoms with Crippen LogP contribution in [0.25, 0.3) is 10.9 Å². The molecule has 0 aliphatic rings. The quantitative estimate of drug-likeness (QED) is 0.763. The molecule has 0 unspecified atom stereocenters. The van der Waals surface area contributed by atoms with E-state index in [1.165, 1.54) is 6.20 Å². The number of carbonyl (C=O) groups excluding carboxylic acids is 1. The highest BCUT2D eigenvalue weighted by Gasteiger charge is 2.14. The van der Waals surface area contributed by atoms with Gasteiger partial charge in [-0.25, -0.2) is 0 Å². The number of nitrogens with zero attached hydrogens (tertiary/aromatic N) is 1. The Labute approximate surface area is 132 Å². The van der Waals surface area contributed by atoms with E-state index in [4.69, 9.17) is 5.26 Å². The van der Waals surface area contributed by atoms with Crippen LogP contribution in [0.1, 0.15) is 21.5 Å². The minimum atomic E-state index is -0.542. The zero-order valence-corrected chi connectivity index (χ0v) is 12.4. The predicted octanol–water partition coefficient (Wildman–Crippen LogP) is 2.96. The maximum Gasteiger partial charge on any atom is 0.261 e. The van der Waals surface area contributed by atoms with Crippen molar-refractivity contribution < 1.29 is 4.79 Å². The lowest BCUT2D eigenvalue weighted by molar-refractivity contribution is 0.102. The Morgan fingerprint density at radius 1 is 1.22 bits per heavy atom. The van der Waals surface area contributed by atoms with Crippen LogP contribution in [0.15, 0.2) is 53.5 Å². The van der Waals surface area contributed by atoms with Gasteiger partial charge in [0.2, 0.25) is 5.43 Å². The molecule has 0 aliphatic heterocycles. The molecule has 0 fully saturated rings. The van der Waals surface area contributed by atoms with Crippen LogP contribution in [0.3, 0.4) is 0 Å². The van der Waals surface area contributed by atoms with Gasteiger partial charge in [0, 0.05) is 17.1 Å². The molecule has 0 atom stereocenters. The molecule has 5 heteroatoms. The number of para-hydroxylation sites is 1. The summed E-state index contributed by atoms with van der Waals surface area (Å²) in [6.45, 7) is 1.86. The maximum absolute atomic E-state index is 12.4. The molecule has 2 N–H and O–H groups in total. The molecule has 0 saturated heterocycles. The van der Waals surface area contributed by atoms with Gasteiger partial charge in [0.1, 0.15) is 11.6 Å². The third kappa shape index (κ3) is 2.70. The Bertz CT molecular complexity index is 1010. The van der Waals surface area contributed by atoms with Crippen molar-refractivity contribution in [1.82, 2.24) is 4.98 Å². The maximum atomic E-state index is 12.4. The summed E-state index contributed by atoms with van der Waals surface area (Å²) >= 11 is 0. The number of nitrogens with one attached hydrogen (secondary N) is 2. The van der Waals surface area contributed by atoms with Crippen LogP contribution in [-0.2, 0) is 0 Å². The summed E-state index contributed by atoms with van der Waals surface area (Å²) in [7, 11) is 0. The minimum Gasteiger partial charge on any atom is -0.360 e. The summed E-state index contributed by atoms with van der Waals surface area (Å²) in [5.41, 5.74) is 1.98. The molecule has 3 rings (SSSR count). The van der Waals surface area contributed by atoms with Crippen LogP contribution in [0.2, 0.25) is 0 Å². The molecule has 2 aromatic carbocycles. The lowest BCUT2D eigenvalue weighted by Crippen LogP contribution is -2.22. The zero-order valence-electron chi connectivity index (χ0n) is 12.4. The van der Waals surface area contributed by atoms with Crippen LogP contribution in [-0.4, -0.2) is 10.9 Å². The predicted molar refractivity (Wildman–Crippen MR) is 88.4 cm³/mol. The molecule has 1 aromatic heterocycles. The van der Waals surface area contributed by atoms with E-state index in [1.807, 2.05) is 19.1 Å². The van der Waals surface area contributed by atoms with E-state index in [0.717, 1.165) is 5.56 Å². The number of anilines is 1. The van der Waals surface area contributed by atoms with Gasteiger partial charge in [-0.3, -0.25) is 9.59 Å². The number of benzene rings is 2. The number of H-pyrrole nitrogens is 1. The van der Waals surface area contributed by atoms with Crippen LogP contribution >= 0.6 is 0 Å². The summed E-state index contributed by atoms with van der Waals surface area (Å²) in [5, 5.41) is 12.2. The number of hydrogen-bond acceptors (Lipinski definition) is 3. The van der Waals surface area contributed by atoms with E-state index in [2.05, 4.69) is 10.3 Å². The highest BCUT2D eigenvalue weighted by molar-refractivity contribution is 6.06. The van der Waals surface area contributed by atoms with Crippen molar-refractivity contribution in [2.45, 2.75) is 6.92 Å². The Kier molecular flexibility index (Phi) is 3.65. The summed E-state index contributed by atoms with van der Waals surface area (Å²) in [6, 6.07) is 14.1. The first-order valence-corrected chi connectivity index (χ1v) is 7.02. The average Bonchev–Trinajstić information content (AvgIpc) is 2.55. The molecule has 5 nitrogen and oxygen atoms in total. The number of amides is 1. The molecule has 0 saturated carbocycles. The standard InChI is InChI=1S/C18H13N3O2/c1-11-6-7-12(9-19)16(8-11)21-18(23)14-10-20-15-5-3-2-4-13(15)17(14)22/h2-8,10H,1H3,(H,20,22)(H,21,23). The van der Waals surface area contributed by atoms with Crippen LogP contribution in [0.4, 0.5) is 5.69 Å². The van der Waals surface area contributed by atoms with E-state index in [1.54, 1.807) is 36.4 Å². The lowest BCUT2D eigenvalue weighted by Gasteiger charge is -2.08. The van der Waals surface area contributed by atoms with E-state index < -0.39 is 5.91 Å². The largest absolute Gasteiger partial charge is 0.360 e. The first-order chi connectivity index (χ1) is 11.1. The molecular formula is C18H13N3O2. The number of aromatic amines is 1. The summed E-state index contributed by atoms with van der Waals surface area (Å²) in [4.78, 5) is 27.8. The number of nitriles is 1. The third-order valence-corrected chi connectivity index (χ3v) is 3.58. The van der Waals surface area contributed by atoms with Gasteiger partial charge in [-0.15, -0.1) is 0 Å². The van der Waals surface area contributed by atoms with Crippen molar-refractivity contribution in [3.63, 3.8) is 0 Å². The molecule has 112 valence electrons. The lowest BCUT2D eigenvalue weighted by atomic mass is 10.1. The van der Waals surface area contributed by atoms with Crippen molar-refractivity contribution in [2.75, 3.05) is 5.32 Å². The topological polar surface area (TPSA) is 85.8 Å².